The lowest BCUT2D eigenvalue weighted by Crippen LogP contribution is -2.05. The van der Waals surface area contributed by atoms with Crippen LogP contribution in [0.25, 0.3) is 0 Å². The van der Waals surface area contributed by atoms with E-state index < -0.39 is 0 Å². The van der Waals surface area contributed by atoms with E-state index >= 15 is 0 Å². The van der Waals surface area contributed by atoms with Gasteiger partial charge in [0.05, 0.1) is 12.2 Å². The zero-order chi connectivity index (χ0) is 11.8. The molecular formula is C12H12ClNO2. The monoisotopic (exact) mass is 237 g/mol. The van der Waals surface area contributed by atoms with Gasteiger partial charge in [-0.1, -0.05) is 11.8 Å². The molecule has 0 radical (unpaired) electrons. The van der Waals surface area contributed by atoms with Gasteiger partial charge in [0.25, 0.3) is 0 Å². The molecule has 0 aliphatic rings. The van der Waals surface area contributed by atoms with Crippen LogP contribution in [0.15, 0.2) is 18.5 Å². The number of halogens is 1. The third kappa shape index (κ3) is 3.92. The van der Waals surface area contributed by atoms with E-state index in [0.717, 1.165) is 0 Å². The van der Waals surface area contributed by atoms with Gasteiger partial charge in [0.15, 0.2) is 0 Å². The van der Waals surface area contributed by atoms with Gasteiger partial charge < -0.3 is 4.74 Å². The van der Waals surface area contributed by atoms with E-state index in [4.69, 9.17) is 16.3 Å². The van der Waals surface area contributed by atoms with Crippen LogP contribution >= 0.6 is 11.6 Å². The Morgan fingerprint density at radius 1 is 1.56 bits per heavy atom. The fraction of sp³-hybridized carbons (Fsp3) is 0.333. The summed E-state index contributed by atoms with van der Waals surface area (Å²) in [6.07, 6.45) is 3.68. The normalized spacial score (nSPS) is 9.12. The molecule has 4 heteroatoms. The van der Waals surface area contributed by atoms with Crippen molar-refractivity contribution in [3.63, 3.8) is 0 Å². The average Bonchev–Trinajstić information content (AvgIpc) is 2.30. The van der Waals surface area contributed by atoms with Gasteiger partial charge in [-0.05, 0) is 13.0 Å². The van der Waals surface area contributed by atoms with Crippen molar-refractivity contribution < 1.29 is 9.53 Å². The minimum atomic E-state index is -0.379. The lowest BCUT2D eigenvalue weighted by molar-refractivity contribution is 0.0526. The van der Waals surface area contributed by atoms with Crippen LogP contribution in [0.2, 0.25) is 0 Å². The van der Waals surface area contributed by atoms with Gasteiger partial charge in [-0.2, -0.15) is 0 Å². The number of hydrogen-bond donors (Lipinski definition) is 0. The first-order valence-electron chi connectivity index (χ1n) is 4.95. The number of carbonyl (C=O) groups excluding carboxylic acids is 1. The first-order chi connectivity index (χ1) is 7.77. The topological polar surface area (TPSA) is 39.2 Å². The van der Waals surface area contributed by atoms with Crippen LogP contribution in [-0.2, 0) is 4.74 Å². The molecule has 1 heterocycles. The number of alkyl halides is 1. The number of esters is 1. The lowest BCUT2D eigenvalue weighted by Gasteiger charge is -2.00. The number of carbonyl (C=O) groups is 1. The largest absolute Gasteiger partial charge is 0.462 e. The summed E-state index contributed by atoms with van der Waals surface area (Å²) in [4.78, 5) is 15.3. The van der Waals surface area contributed by atoms with Crippen LogP contribution in [-0.4, -0.2) is 23.4 Å². The SMILES string of the molecule is CCOC(=O)c1cncc(C#CCCCl)c1. The summed E-state index contributed by atoms with van der Waals surface area (Å²) in [6.45, 7) is 2.11. The third-order valence-corrected chi connectivity index (χ3v) is 1.89. The summed E-state index contributed by atoms with van der Waals surface area (Å²) in [5, 5.41) is 0. The second-order valence-corrected chi connectivity index (χ2v) is 3.30. The molecule has 1 aromatic heterocycles. The summed E-state index contributed by atoms with van der Waals surface area (Å²) in [7, 11) is 0. The van der Waals surface area contributed by atoms with E-state index in [-0.39, 0.29) is 5.97 Å². The van der Waals surface area contributed by atoms with Crippen molar-refractivity contribution in [1.82, 2.24) is 4.98 Å². The molecule has 0 amide bonds. The van der Waals surface area contributed by atoms with Crippen LogP contribution in [0.5, 0.6) is 0 Å². The molecule has 0 atom stereocenters. The van der Waals surface area contributed by atoms with E-state index in [0.29, 0.717) is 30.0 Å². The second-order valence-electron chi connectivity index (χ2n) is 2.92. The number of hydrogen-bond acceptors (Lipinski definition) is 3. The zero-order valence-corrected chi connectivity index (χ0v) is 9.75. The van der Waals surface area contributed by atoms with Crippen molar-refractivity contribution in [2.45, 2.75) is 13.3 Å². The molecule has 84 valence electrons. The molecule has 0 aliphatic carbocycles. The third-order valence-electron chi connectivity index (χ3n) is 1.70. The second kappa shape index (κ2) is 6.86. The van der Waals surface area contributed by atoms with E-state index in [9.17, 15) is 4.79 Å². The predicted molar refractivity (Wildman–Crippen MR) is 62.4 cm³/mol. The quantitative estimate of drug-likeness (QED) is 0.460. The maximum atomic E-state index is 11.4. The minimum absolute atomic E-state index is 0.348. The number of pyridine rings is 1. The van der Waals surface area contributed by atoms with Gasteiger partial charge in [-0.25, -0.2) is 4.79 Å². The smallest absolute Gasteiger partial charge is 0.339 e. The molecule has 1 aromatic rings. The molecule has 16 heavy (non-hydrogen) atoms. The molecular weight excluding hydrogens is 226 g/mol. The van der Waals surface area contributed by atoms with Crippen molar-refractivity contribution in [1.29, 1.82) is 0 Å². The van der Waals surface area contributed by atoms with Crippen molar-refractivity contribution >= 4 is 17.6 Å². The molecule has 0 saturated carbocycles. The molecule has 0 aromatic carbocycles. The van der Waals surface area contributed by atoms with Crippen molar-refractivity contribution in [2.75, 3.05) is 12.5 Å². The molecule has 0 spiro atoms. The Morgan fingerprint density at radius 2 is 2.38 bits per heavy atom. The molecule has 1 rings (SSSR count). The van der Waals surface area contributed by atoms with E-state index in [1.54, 1.807) is 19.2 Å². The number of nitrogens with zero attached hydrogens (tertiary/aromatic N) is 1. The number of rotatable bonds is 3. The summed E-state index contributed by atoms with van der Waals surface area (Å²) >= 11 is 5.50. The molecule has 0 fully saturated rings. The van der Waals surface area contributed by atoms with Crippen LogP contribution in [0, 0.1) is 11.8 Å². The fourth-order valence-electron chi connectivity index (χ4n) is 1.05. The highest BCUT2D eigenvalue weighted by atomic mass is 35.5. The molecule has 0 N–H and O–H groups in total. The van der Waals surface area contributed by atoms with Gasteiger partial charge in [-0.15, -0.1) is 11.6 Å². The first-order valence-corrected chi connectivity index (χ1v) is 5.48. The Balaban J connectivity index is 2.79. The van der Waals surface area contributed by atoms with E-state index in [2.05, 4.69) is 16.8 Å². The molecule has 0 saturated heterocycles. The Bertz CT molecular complexity index is 421. The number of aromatic nitrogens is 1. The highest BCUT2D eigenvalue weighted by Gasteiger charge is 2.06. The van der Waals surface area contributed by atoms with Gasteiger partial charge in [-0.3, -0.25) is 4.98 Å². The van der Waals surface area contributed by atoms with E-state index in [1.165, 1.54) is 6.20 Å². The van der Waals surface area contributed by atoms with Crippen molar-refractivity contribution in [3.05, 3.63) is 29.6 Å². The highest BCUT2D eigenvalue weighted by Crippen LogP contribution is 2.03. The van der Waals surface area contributed by atoms with Gasteiger partial charge >= 0.3 is 5.97 Å². The Labute approximate surface area is 99.8 Å². The van der Waals surface area contributed by atoms with Gasteiger partial charge in [0, 0.05) is 30.3 Å². The highest BCUT2D eigenvalue weighted by molar-refractivity contribution is 6.18. The Kier molecular flexibility index (Phi) is 5.38. The summed E-state index contributed by atoms with van der Waals surface area (Å²) in [5.41, 5.74) is 1.11. The van der Waals surface area contributed by atoms with Crippen LogP contribution in [0.3, 0.4) is 0 Å². The molecule has 0 aliphatic heterocycles. The van der Waals surface area contributed by atoms with Gasteiger partial charge in [0.1, 0.15) is 0 Å². The van der Waals surface area contributed by atoms with Crippen molar-refractivity contribution in [2.24, 2.45) is 0 Å². The minimum Gasteiger partial charge on any atom is -0.462 e. The summed E-state index contributed by atoms with van der Waals surface area (Å²) in [6, 6.07) is 1.66. The average molecular weight is 238 g/mol. The lowest BCUT2D eigenvalue weighted by atomic mass is 10.2. The number of ether oxygens (including phenoxy) is 1. The summed E-state index contributed by atoms with van der Waals surface area (Å²) in [5.74, 6) is 5.87. The molecule has 0 unspecified atom stereocenters. The van der Waals surface area contributed by atoms with Crippen LogP contribution < -0.4 is 0 Å². The molecule has 0 bridgehead atoms. The van der Waals surface area contributed by atoms with Crippen molar-refractivity contribution in [3.8, 4) is 11.8 Å². The van der Waals surface area contributed by atoms with Crippen LogP contribution in [0.4, 0.5) is 0 Å². The van der Waals surface area contributed by atoms with E-state index in [1.807, 2.05) is 0 Å². The first kappa shape index (κ1) is 12.5. The predicted octanol–water partition coefficient (Wildman–Crippen LogP) is 2.24. The Hall–Kier alpha value is -1.53. The Morgan fingerprint density at radius 3 is 3.06 bits per heavy atom. The zero-order valence-electron chi connectivity index (χ0n) is 9.00. The fourth-order valence-corrected chi connectivity index (χ4v) is 1.14. The molecule has 3 nitrogen and oxygen atoms in total. The summed E-state index contributed by atoms with van der Waals surface area (Å²) < 4.78 is 4.86. The maximum absolute atomic E-state index is 11.4. The van der Waals surface area contributed by atoms with Gasteiger partial charge in [0.2, 0.25) is 0 Å². The maximum Gasteiger partial charge on any atom is 0.339 e. The van der Waals surface area contributed by atoms with Crippen LogP contribution in [0.1, 0.15) is 29.3 Å². The standard InChI is InChI=1S/C12H12ClNO2/c1-2-16-12(15)11-7-10(8-14-9-11)5-3-4-6-13/h7-9H,2,4,6H2,1H3.